The van der Waals surface area contributed by atoms with Gasteiger partial charge in [-0.1, -0.05) is 30.3 Å². The Morgan fingerprint density at radius 2 is 1.95 bits per heavy atom. The summed E-state index contributed by atoms with van der Waals surface area (Å²) in [5.41, 5.74) is 8.72. The van der Waals surface area contributed by atoms with Gasteiger partial charge in [0.15, 0.2) is 0 Å². The number of nitrogens with one attached hydrogen (secondary N) is 1. The van der Waals surface area contributed by atoms with Crippen molar-refractivity contribution in [2.45, 2.75) is 12.3 Å². The molecule has 0 bridgehead atoms. The van der Waals surface area contributed by atoms with Crippen molar-refractivity contribution in [1.82, 2.24) is 0 Å². The van der Waals surface area contributed by atoms with Crippen molar-refractivity contribution >= 4 is 5.84 Å². The number of ether oxygens (including phenoxy) is 1. The third-order valence-electron chi connectivity index (χ3n) is 3.55. The topological polar surface area (TPSA) is 59.1 Å². The number of amidine groups is 1. The summed E-state index contributed by atoms with van der Waals surface area (Å²) in [5.74, 6) is 1.39. The zero-order valence-corrected chi connectivity index (χ0v) is 10.6. The first-order chi connectivity index (χ1) is 9.24. The second-order valence-corrected chi connectivity index (χ2v) is 4.86. The number of rotatable bonds is 2. The fourth-order valence-corrected chi connectivity index (χ4v) is 2.50. The molecule has 0 saturated carbocycles. The lowest BCUT2D eigenvalue weighted by atomic mass is 9.89. The van der Waals surface area contributed by atoms with Gasteiger partial charge in [-0.05, 0) is 35.7 Å². The van der Waals surface area contributed by atoms with Crippen molar-refractivity contribution in [3.8, 4) is 5.75 Å². The van der Waals surface area contributed by atoms with Crippen molar-refractivity contribution in [3.63, 3.8) is 0 Å². The summed E-state index contributed by atoms with van der Waals surface area (Å²) >= 11 is 0. The number of fused-ring (bicyclic) bond motifs is 1. The predicted octanol–water partition coefficient (Wildman–Crippen LogP) is 2.69. The highest BCUT2D eigenvalue weighted by Crippen LogP contribution is 2.32. The van der Waals surface area contributed by atoms with Crippen LogP contribution in [0, 0.1) is 5.41 Å². The largest absolute Gasteiger partial charge is 0.493 e. The summed E-state index contributed by atoms with van der Waals surface area (Å²) in [6.45, 7) is 0.705. The van der Waals surface area contributed by atoms with Gasteiger partial charge in [0.2, 0.25) is 0 Å². The van der Waals surface area contributed by atoms with Crippen LogP contribution >= 0.6 is 0 Å². The molecule has 1 heterocycles. The highest BCUT2D eigenvalue weighted by Gasteiger charge is 2.21. The van der Waals surface area contributed by atoms with Crippen LogP contribution in [0.4, 0.5) is 0 Å². The lowest BCUT2D eigenvalue weighted by Gasteiger charge is -2.26. The maximum atomic E-state index is 7.50. The minimum absolute atomic E-state index is 0.102. The maximum Gasteiger partial charge on any atom is 0.122 e. The van der Waals surface area contributed by atoms with Crippen LogP contribution in [0.2, 0.25) is 0 Å². The van der Waals surface area contributed by atoms with Crippen LogP contribution in [-0.4, -0.2) is 12.4 Å². The van der Waals surface area contributed by atoms with E-state index < -0.39 is 0 Å². The molecular weight excluding hydrogens is 236 g/mol. The average Bonchev–Trinajstić information content (AvgIpc) is 2.47. The van der Waals surface area contributed by atoms with E-state index in [0.717, 1.165) is 23.3 Å². The molecule has 1 aliphatic heterocycles. The molecule has 1 aliphatic rings. The van der Waals surface area contributed by atoms with Crippen LogP contribution in [0.25, 0.3) is 0 Å². The molecule has 3 nitrogen and oxygen atoms in total. The lowest BCUT2D eigenvalue weighted by molar-refractivity contribution is 0.262. The van der Waals surface area contributed by atoms with Gasteiger partial charge in [0.25, 0.3) is 0 Å². The highest BCUT2D eigenvalue weighted by molar-refractivity contribution is 5.95. The Morgan fingerprint density at radius 1 is 1.16 bits per heavy atom. The summed E-state index contributed by atoms with van der Waals surface area (Å²) in [6.07, 6.45) is 0.931. The van der Waals surface area contributed by atoms with Crippen molar-refractivity contribution in [2.75, 3.05) is 6.61 Å². The van der Waals surface area contributed by atoms with E-state index in [0.29, 0.717) is 12.5 Å². The Hall–Kier alpha value is -2.29. The molecule has 0 fully saturated rings. The lowest BCUT2D eigenvalue weighted by Crippen LogP contribution is -2.20. The van der Waals surface area contributed by atoms with Gasteiger partial charge >= 0.3 is 0 Å². The SMILES string of the molecule is N=C(N)c1ccc2c(c1)CC(c1ccccc1)CO2. The number of benzene rings is 2. The zero-order valence-electron chi connectivity index (χ0n) is 10.6. The Kier molecular flexibility index (Phi) is 2.95. The van der Waals surface area contributed by atoms with Crippen LogP contribution in [0.3, 0.4) is 0 Å². The van der Waals surface area contributed by atoms with Crippen molar-refractivity contribution in [2.24, 2.45) is 5.73 Å². The zero-order chi connectivity index (χ0) is 13.2. The number of hydrogen-bond donors (Lipinski definition) is 2. The molecule has 0 aromatic heterocycles. The van der Waals surface area contributed by atoms with Crippen molar-refractivity contribution in [3.05, 3.63) is 65.2 Å². The molecule has 1 unspecified atom stereocenters. The normalized spacial score (nSPS) is 17.4. The number of nitrogens with two attached hydrogens (primary N) is 1. The van der Waals surface area contributed by atoms with E-state index in [1.54, 1.807) is 0 Å². The molecule has 0 radical (unpaired) electrons. The fraction of sp³-hybridized carbons (Fsp3) is 0.188. The third-order valence-corrected chi connectivity index (χ3v) is 3.55. The van der Waals surface area contributed by atoms with E-state index in [1.165, 1.54) is 5.56 Å². The summed E-state index contributed by atoms with van der Waals surface area (Å²) < 4.78 is 5.81. The quantitative estimate of drug-likeness (QED) is 0.637. The molecule has 1 atom stereocenters. The van der Waals surface area contributed by atoms with Gasteiger partial charge in [-0.2, -0.15) is 0 Å². The van der Waals surface area contributed by atoms with Gasteiger partial charge in [0.05, 0.1) is 6.61 Å². The number of nitrogen functional groups attached to an aromatic ring is 1. The minimum Gasteiger partial charge on any atom is -0.493 e. The molecule has 19 heavy (non-hydrogen) atoms. The fourth-order valence-electron chi connectivity index (χ4n) is 2.50. The van der Waals surface area contributed by atoms with Crippen LogP contribution in [0.1, 0.15) is 22.6 Å². The van der Waals surface area contributed by atoms with E-state index in [-0.39, 0.29) is 5.84 Å². The molecule has 3 rings (SSSR count). The smallest absolute Gasteiger partial charge is 0.122 e. The molecule has 0 saturated heterocycles. The highest BCUT2D eigenvalue weighted by atomic mass is 16.5. The summed E-state index contributed by atoms with van der Waals surface area (Å²) in [6, 6.07) is 16.1. The van der Waals surface area contributed by atoms with Gasteiger partial charge in [0, 0.05) is 11.5 Å². The molecule has 2 aromatic carbocycles. The third kappa shape index (κ3) is 2.32. The average molecular weight is 252 g/mol. The molecule has 2 aromatic rings. The molecule has 0 spiro atoms. The minimum atomic E-state index is 0.102. The van der Waals surface area contributed by atoms with Crippen LogP contribution in [0.15, 0.2) is 48.5 Å². The van der Waals surface area contributed by atoms with Gasteiger partial charge in [-0.15, -0.1) is 0 Å². The summed E-state index contributed by atoms with van der Waals surface area (Å²) in [4.78, 5) is 0. The Morgan fingerprint density at radius 3 is 2.68 bits per heavy atom. The van der Waals surface area contributed by atoms with E-state index in [9.17, 15) is 0 Å². The van der Waals surface area contributed by atoms with Crippen LogP contribution < -0.4 is 10.5 Å². The second kappa shape index (κ2) is 4.76. The Labute approximate surface area is 112 Å². The van der Waals surface area contributed by atoms with E-state index >= 15 is 0 Å². The summed E-state index contributed by atoms with van der Waals surface area (Å²) in [5, 5.41) is 7.50. The standard InChI is InChI=1S/C16H16N2O/c17-16(18)12-6-7-15-13(8-12)9-14(10-19-15)11-4-2-1-3-5-11/h1-8,14H,9-10H2,(H3,17,18). The van der Waals surface area contributed by atoms with Crippen molar-refractivity contribution in [1.29, 1.82) is 5.41 Å². The first-order valence-corrected chi connectivity index (χ1v) is 6.39. The van der Waals surface area contributed by atoms with Gasteiger partial charge in [-0.25, -0.2) is 0 Å². The van der Waals surface area contributed by atoms with E-state index in [1.807, 2.05) is 24.3 Å². The molecule has 3 heteroatoms. The first-order valence-electron chi connectivity index (χ1n) is 6.39. The Balaban J connectivity index is 1.90. The van der Waals surface area contributed by atoms with E-state index in [2.05, 4.69) is 24.3 Å². The van der Waals surface area contributed by atoms with Crippen LogP contribution in [0.5, 0.6) is 5.75 Å². The number of hydrogen-bond acceptors (Lipinski definition) is 2. The second-order valence-electron chi connectivity index (χ2n) is 4.86. The first kappa shape index (κ1) is 11.8. The predicted molar refractivity (Wildman–Crippen MR) is 75.8 cm³/mol. The van der Waals surface area contributed by atoms with Gasteiger partial charge in [-0.3, -0.25) is 5.41 Å². The van der Waals surface area contributed by atoms with Crippen molar-refractivity contribution < 1.29 is 4.74 Å². The molecule has 0 aliphatic carbocycles. The van der Waals surface area contributed by atoms with E-state index in [4.69, 9.17) is 15.9 Å². The van der Waals surface area contributed by atoms with Gasteiger partial charge < -0.3 is 10.5 Å². The monoisotopic (exact) mass is 252 g/mol. The Bertz CT molecular complexity index is 607. The summed E-state index contributed by atoms with van der Waals surface area (Å²) in [7, 11) is 0. The van der Waals surface area contributed by atoms with Crippen LogP contribution in [-0.2, 0) is 6.42 Å². The maximum absolute atomic E-state index is 7.50. The molecular formula is C16H16N2O. The molecule has 96 valence electrons. The molecule has 0 amide bonds. The molecule has 3 N–H and O–H groups in total. The van der Waals surface area contributed by atoms with Gasteiger partial charge in [0.1, 0.15) is 11.6 Å².